The van der Waals surface area contributed by atoms with Crippen LogP contribution >= 0.6 is 11.3 Å². The zero-order chi connectivity index (χ0) is 16.5. The van der Waals surface area contributed by atoms with Gasteiger partial charge in [-0.25, -0.2) is 0 Å². The van der Waals surface area contributed by atoms with Crippen LogP contribution in [0.15, 0.2) is 11.4 Å². The molecule has 0 fully saturated rings. The van der Waals surface area contributed by atoms with Crippen LogP contribution in [-0.4, -0.2) is 49.0 Å². The van der Waals surface area contributed by atoms with E-state index in [0.717, 1.165) is 10.4 Å². The molecule has 0 aromatic carbocycles. The van der Waals surface area contributed by atoms with Crippen LogP contribution in [0.25, 0.3) is 0 Å². The van der Waals surface area contributed by atoms with Gasteiger partial charge >= 0.3 is 11.9 Å². The lowest BCUT2D eigenvalue weighted by molar-refractivity contribution is -0.153. The molecule has 0 radical (unpaired) electrons. The van der Waals surface area contributed by atoms with Crippen molar-refractivity contribution in [2.75, 3.05) is 26.3 Å². The number of esters is 2. The number of rotatable bonds is 8. The molecule has 0 saturated carbocycles. The molecule has 6 nitrogen and oxygen atoms in total. The van der Waals surface area contributed by atoms with Crippen molar-refractivity contribution in [1.82, 2.24) is 4.90 Å². The number of ether oxygens (including phenoxy) is 2. The molecule has 1 amide bonds. The molecule has 7 heteroatoms. The molecule has 22 heavy (non-hydrogen) atoms. The average molecular weight is 327 g/mol. The molecule has 0 aliphatic heterocycles. The van der Waals surface area contributed by atoms with E-state index in [4.69, 9.17) is 9.47 Å². The molecule has 0 spiro atoms. The third kappa shape index (κ3) is 5.85. The lowest BCUT2D eigenvalue weighted by Crippen LogP contribution is -2.41. The fraction of sp³-hybridized carbons (Fsp3) is 0.533. The summed E-state index contributed by atoms with van der Waals surface area (Å²) in [6.45, 7) is 5.24. The predicted molar refractivity (Wildman–Crippen MR) is 82.6 cm³/mol. The van der Waals surface area contributed by atoms with Crippen molar-refractivity contribution in [3.05, 3.63) is 21.9 Å². The Morgan fingerprint density at radius 1 is 1.09 bits per heavy atom. The maximum Gasteiger partial charge on any atom is 0.325 e. The Bertz CT molecular complexity index is 506. The van der Waals surface area contributed by atoms with Crippen molar-refractivity contribution in [2.45, 2.75) is 27.2 Å². The molecule has 1 aromatic rings. The monoisotopic (exact) mass is 327 g/mol. The molecule has 122 valence electrons. The fourth-order valence-electron chi connectivity index (χ4n) is 1.83. The Kier molecular flexibility index (Phi) is 7.59. The van der Waals surface area contributed by atoms with Crippen molar-refractivity contribution < 1.29 is 23.9 Å². The van der Waals surface area contributed by atoms with Gasteiger partial charge in [-0.05, 0) is 37.8 Å². The van der Waals surface area contributed by atoms with Crippen LogP contribution in [0.3, 0.4) is 0 Å². The zero-order valence-corrected chi connectivity index (χ0v) is 13.9. The van der Waals surface area contributed by atoms with E-state index in [1.165, 1.54) is 4.90 Å². The highest BCUT2D eigenvalue weighted by Gasteiger charge is 2.22. The average Bonchev–Trinajstić information content (AvgIpc) is 2.84. The summed E-state index contributed by atoms with van der Waals surface area (Å²) in [4.78, 5) is 37.8. The molecule has 0 atom stereocenters. The number of amides is 1. The summed E-state index contributed by atoms with van der Waals surface area (Å²) in [5.41, 5.74) is 0.896. The Hall–Kier alpha value is -1.89. The molecule has 1 heterocycles. The van der Waals surface area contributed by atoms with Crippen LogP contribution in [-0.2, 0) is 30.3 Å². The summed E-state index contributed by atoms with van der Waals surface area (Å²) in [6, 6.07) is 1.87. The van der Waals surface area contributed by atoms with Crippen molar-refractivity contribution >= 4 is 29.2 Å². The minimum atomic E-state index is -0.540. The van der Waals surface area contributed by atoms with E-state index in [2.05, 4.69) is 0 Å². The predicted octanol–water partition coefficient (Wildman–Crippen LogP) is 1.55. The molecule has 0 aliphatic carbocycles. The van der Waals surface area contributed by atoms with E-state index < -0.39 is 11.9 Å². The smallest absolute Gasteiger partial charge is 0.325 e. The van der Waals surface area contributed by atoms with E-state index in [9.17, 15) is 14.4 Å². The van der Waals surface area contributed by atoms with Crippen LogP contribution in [0.2, 0.25) is 0 Å². The molecule has 0 saturated heterocycles. The topological polar surface area (TPSA) is 72.9 Å². The summed E-state index contributed by atoms with van der Waals surface area (Å²) in [7, 11) is 0. The van der Waals surface area contributed by atoms with Gasteiger partial charge in [0.2, 0.25) is 5.91 Å². The van der Waals surface area contributed by atoms with Gasteiger partial charge in [0.1, 0.15) is 13.1 Å². The molecule has 0 bridgehead atoms. The Labute approximate surface area is 134 Å². The number of carbonyl (C=O) groups is 3. The number of carbonyl (C=O) groups excluding carboxylic acids is 3. The first-order chi connectivity index (χ1) is 10.5. The standard InChI is InChI=1S/C15H21NO5S/c1-4-20-14(18)9-16(10-15(19)21-5-2)13(17)8-12-6-7-22-11(12)3/h6-7H,4-5,8-10H2,1-3H3. The van der Waals surface area contributed by atoms with Gasteiger partial charge in [0, 0.05) is 4.88 Å². The highest BCUT2D eigenvalue weighted by atomic mass is 32.1. The summed E-state index contributed by atoms with van der Waals surface area (Å²) >= 11 is 1.55. The Morgan fingerprint density at radius 2 is 1.64 bits per heavy atom. The zero-order valence-electron chi connectivity index (χ0n) is 13.1. The minimum absolute atomic E-state index is 0.147. The number of nitrogens with zero attached hydrogens (tertiary/aromatic N) is 1. The molecule has 0 unspecified atom stereocenters. The fourth-order valence-corrected chi connectivity index (χ4v) is 2.55. The van der Waals surface area contributed by atoms with E-state index in [1.807, 2.05) is 18.4 Å². The number of hydrogen-bond donors (Lipinski definition) is 0. The summed E-state index contributed by atoms with van der Waals surface area (Å²) < 4.78 is 9.68. The van der Waals surface area contributed by atoms with E-state index in [1.54, 1.807) is 25.2 Å². The third-order valence-electron chi connectivity index (χ3n) is 2.91. The van der Waals surface area contributed by atoms with Crippen LogP contribution in [0, 0.1) is 6.92 Å². The van der Waals surface area contributed by atoms with Gasteiger partial charge in [0.25, 0.3) is 0 Å². The third-order valence-corrected chi connectivity index (χ3v) is 3.80. The normalized spacial score (nSPS) is 10.1. The van der Waals surface area contributed by atoms with Crippen molar-refractivity contribution in [2.24, 2.45) is 0 Å². The van der Waals surface area contributed by atoms with Gasteiger partial charge in [-0.1, -0.05) is 0 Å². The molecular formula is C15H21NO5S. The maximum absolute atomic E-state index is 12.4. The van der Waals surface area contributed by atoms with Gasteiger partial charge in [-0.2, -0.15) is 0 Å². The second kappa shape index (κ2) is 9.19. The first-order valence-corrected chi connectivity index (χ1v) is 7.97. The SMILES string of the molecule is CCOC(=O)CN(CC(=O)OCC)C(=O)Cc1ccsc1C. The number of aryl methyl sites for hydroxylation is 1. The van der Waals surface area contributed by atoms with Gasteiger partial charge in [-0.15, -0.1) is 11.3 Å². The van der Waals surface area contributed by atoms with Gasteiger partial charge in [0.15, 0.2) is 0 Å². The van der Waals surface area contributed by atoms with Gasteiger partial charge in [0.05, 0.1) is 19.6 Å². The number of hydrogen-bond acceptors (Lipinski definition) is 6. The Balaban J connectivity index is 2.74. The molecule has 0 aliphatic rings. The van der Waals surface area contributed by atoms with E-state index >= 15 is 0 Å². The maximum atomic E-state index is 12.4. The lowest BCUT2D eigenvalue weighted by Gasteiger charge is -2.20. The molecular weight excluding hydrogens is 306 g/mol. The molecule has 1 aromatic heterocycles. The lowest BCUT2D eigenvalue weighted by atomic mass is 10.2. The van der Waals surface area contributed by atoms with Crippen LogP contribution in [0.4, 0.5) is 0 Å². The largest absolute Gasteiger partial charge is 0.465 e. The van der Waals surface area contributed by atoms with Crippen LogP contribution < -0.4 is 0 Å². The summed E-state index contributed by atoms with van der Waals surface area (Å²) in [5, 5.41) is 1.90. The highest BCUT2D eigenvalue weighted by molar-refractivity contribution is 7.10. The Morgan fingerprint density at radius 3 is 2.05 bits per heavy atom. The summed E-state index contributed by atoms with van der Waals surface area (Å²) in [5.74, 6) is -1.38. The molecule has 0 N–H and O–H groups in total. The van der Waals surface area contributed by atoms with Crippen molar-refractivity contribution in [3.8, 4) is 0 Å². The summed E-state index contributed by atoms with van der Waals surface area (Å²) in [6.07, 6.45) is 0.147. The second-order valence-electron chi connectivity index (χ2n) is 4.54. The van der Waals surface area contributed by atoms with E-state index in [0.29, 0.717) is 0 Å². The van der Waals surface area contributed by atoms with Crippen LogP contribution in [0.5, 0.6) is 0 Å². The minimum Gasteiger partial charge on any atom is -0.465 e. The van der Waals surface area contributed by atoms with Crippen molar-refractivity contribution in [3.63, 3.8) is 0 Å². The molecule has 1 rings (SSSR count). The number of thiophene rings is 1. The van der Waals surface area contributed by atoms with Crippen LogP contribution in [0.1, 0.15) is 24.3 Å². The van der Waals surface area contributed by atoms with Gasteiger partial charge in [-0.3, -0.25) is 14.4 Å². The van der Waals surface area contributed by atoms with Gasteiger partial charge < -0.3 is 14.4 Å². The van der Waals surface area contributed by atoms with E-state index in [-0.39, 0.29) is 38.6 Å². The highest BCUT2D eigenvalue weighted by Crippen LogP contribution is 2.16. The quantitative estimate of drug-likeness (QED) is 0.678. The first-order valence-electron chi connectivity index (χ1n) is 7.09. The first kappa shape index (κ1) is 18.2. The van der Waals surface area contributed by atoms with Crippen molar-refractivity contribution in [1.29, 1.82) is 0 Å². The second-order valence-corrected chi connectivity index (χ2v) is 5.66.